The molecule has 0 radical (unpaired) electrons. The van der Waals surface area contributed by atoms with E-state index in [0.29, 0.717) is 12.5 Å². The molecular weight excluding hydrogens is 336 g/mol. The summed E-state index contributed by atoms with van der Waals surface area (Å²) in [5.41, 5.74) is 4.39. The third-order valence-electron chi connectivity index (χ3n) is 4.57. The zero-order valence-corrected chi connectivity index (χ0v) is 16.1. The Morgan fingerprint density at radius 2 is 1.78 bits per heavy atom. The van der Waals surface area contributed by atoms with Gasteiger partial charge < -0.3 is 14.6 Å². The number of aromatic nitrogens is 1. The molecule has 0 aliphatic heterocycles. The van der Waals surface area contributed by atoms with Gasteiger partial charge in [-0.15, -0.1) is 0 Å². The largest absolute Gasteiger partial charge is 0.483 e. The van der Waals surface area contributed by atoms with E-state index in [1.165, 1.54) is 5.56 Å². The van der Waals surface area contributed by atoms with Gasteiger partial charge in [-0.3, -0.25) is 4.79 Å². The zero-order chi connectivity index (χ0) is 19.2. The maximum absolute atomic E-state index is 12.1. The molecule has 1 N–H and O–H groups in total. The predicted octanol–water partition coefficient (Wildman–Crippen LogP) is 4.60. The molecule has 1 heterocycles. The van der Waals surface area contributed by atoms with Crippen molar-refractivity contribution in [1.82, 2.24) is 9.88 Å². The lowest BCUT2D eigenvalue weighted by molar-refractivity contribution is -0.123. The molecule has 0 bridgehead atoms. The molecule has 140 valence electrons. The number of benzene rings is 2. The molecule has 3 aromatic rings. The standard InChI is InChI=1S/C23H26N2O2/c1-17(2)20-9-6-18(3)22(14-20)27-16-23(26)24-15-19-7-10-21(11-8-19)25-12-4-5-13-25/h4-14,17H,15-16H2,1-3H3,(H,24,26). The Kier molecular flexibility index (Phi) is 5.97. The van der Waals surface area contributed by atoms with Gasteiger partial charge >= 0.3 is 0 Å². The quantitative estimate of drug-likeness (QED) is 0.667. The molecule has 0 fully saturated rings. The molecule has 0 saturated carbocycles. The maximum atomic E-state index is 12.1. The second-order valence-corrected chi connectivity index (χ2v) is 7.00. The van der Waals surface area contributed by atoms with Gasteiger partial charge in [-0.25, -0.2) is 0 Å². The molecule has 1 amide bonds. The Balaban J connectivity index is 1.51. The first kappa shape index (κ1) is 18.8. The summed E-state index contributed by atoms with van der Waals surface area (Å²) in [5, 5.41) is 2.91. The van der Waals surface area contributed by atoms with Crippen molar-refractivity contribution in [3.63, 3.8) is 0 Å². The lowest BCUT2D eigenvalue weighted by Gasteiger charge is -2.13. The molecule has 1 aromatic heterocycles. The smallest absolute Gasteiger partial charge is 0.258 e. The number of carbonyl (C=O) groups excluding carboxylic acids is 1. The van der Waals surface area contributed by atoms with Crippen LogP contribution in [0.3, 0.4) is 0 Å². The minimum Gasteiger partial charge on any atom is -0.483 e. The normalized spacial score (nSPS) is 10.8. The van der Waals surface area contributed by atoms with Crippen molar-refractivity contribution in [1.29, 1.82) is 0 Å². The van der Waals surface area contributed by atoms with E-state index >= 15 is 0 Å². The van der Waals surface area contributed by atoms with Gasteiger partial charge in [0.05, 0.1) is 0 Å². The Hall–Kier alpha value is -3.01. The molecule has 0 atom stereocenters. The first-order chi connectivity index (χ1) is 13.0. The van der Waals surface area contributed by atoms with Gasteiger partial charge in [0.25, 0.3) is 5.91 Å². The first-order valence-electron chi connectivity index (χ1n) is 9.25. The summed E-state index contributed by atoms with van der Waals surface area (Å²) in [4.78, 5) is 12.1. The number of ether oxygens (including phenoxy) is 1. The Morgan fingerprint density at radius 1 is 1.07 bits per heavy atom. The number of nitrogens with one attached hydrogen (secondary N) is 1. The topological polar surface area (TPSA) is 43.3 Å². The lowest BCUT2D eigenvalue weighted by atomic mass is 10.0. The molecule has 0 saturated heterocycles. The van der Waals surface area contributed by atoms with Gasteiger partial charge in [-0.2, -0.15) is 0 Å². The summed E-state index contributed by atoms with van der Waals surface area (Å²) in [5.74, 6) is 1.07. The highest BCUT2D eigenvalue weighted by atomic mass is 16.5. The maximum Gasteiger partial charge on any atom is 0.258 e. The average Bonchev–Trinajstić information content (AvgIpc) is 3.20. The van der Waals surface area contributed by atoms with Crippen LogP contribution in [0.2, 0.25) is 0 Å². The first-order valence-corrected chi connectivity index (χ1v) is 9.25. The lowest BCUT2D eigenvalue weighted by Crippen LogP contribution is -2.28. The summed E-state index contributed by atoms with van der Waals surface area (Å²) >= 11 is 0. The summed E-state index contributed by atoms with van der Waals surface area (Å²) in [6.07, 6.45) is 4.01. The van der Waals surface area contributed by atoms with E-state index in [-0.39, 0.29) is 12.5 Å². The molecule has 2 aromatic carbocycles. The Morgan fingerprint density at radius 3 is 2.44 bits per heavy atom. The average molecular weight is 362 g/mol. The van der Waals surface area contributed by atoms with Crippen molar-refractivity contribution in [2.24, 2.45) is 0 Å². The molecule has 4 nitrogen and oxygen atoms in total. The number of nitrogens with zero attached hydrogens (tertiary/aromatic N) is 1. The number of hydrogen-bond donors (Lipinski definition) is 1. The number of carbonyl (C=O) groups is 1. The van der Waals surface area contributed by atoms with Crippen molar-refractivity contribution >= 4 is 5.91 Å². The minimum atomic E-state index is -0.126. The molecule has 0 aliphatic rings. The van der Waals surface area contributed by atoms with Gasteiger partial charge in [-0.1, -0.05) is 38.1 Å². The zero-order valence-electron chi connectivity index (χ0n) is 16.1. The molecule has 0 spiro atoms. The van der Waals surface area contributed by atoms with Gasteiger partial charge in [0, 0.05) is 24.6 Å². The molecular formula is C23H26N2O2. The predicted molar refractivity (Wildman–Crippen MR) is 108 cm³/mol. The summed E-state index contributed by atoms with van der Waals surface area (Å²) in [7, 11) is 0. The van der Waals surface area contributed by atoms with Crippen LogP contribution in [0.4, 0.5) is 0 Å². The van der Waals surface area contributed by atoms with E-state index in [1.807, 2.05) is 72.4 Å². The van der Waals surface area contributed by atoms with Crippen LogP contribution in [0.1, 0.15) is 36.5 Å². The van der Waals surface area contributed by atoms with Crippen molar-refractivity contribution in [3.05, 3.63) is 83.7 Å². The highest BCUT2D eigenvalue weighted by Gasteiger charge is 2.08. The van der Waals surface area contributed by atoms with E-state index < -0.39 is 0 Å². The van der Waals surface area contributed by atoms with E-state index in [2.05, 4.69) is 25.2 Å². The summed E-state index contributed by atoms with van der Waals surface area (Å²) < 4.78 is 7.78. The van der Waals surface area contributed by atoms with Crippen LogP contribution in [-0.2, 0) is 11.3 Å². The fourth-order valence-electron chi connectivity index (χ4n) is 2.82. The van der Waals surface area contributed by atoms with Crippen LogP contribution in [0.25, 0.3) is 5.69 Å². The van der Waals surface area contributed by atoms with Crippen molar-refractivity contribution in [3.8, 4) is 11.4 Å². The van der Waals surface area contributed by atoms with Crippen LogP contribution >= 0.6 is 0 Å². The monoisotopic (exact) mass is 362 g/mol. The number of rotatable bonds is 7. The van der Waals surface area contributed by atoms with E-state index in [9.17, 15) is 4.79 Å². The van der Waals surface area contributed by atoms with Crippen LogP contribution < -0.4 is 10.1 Å². The van der Waals surface area contributed by atoms with Crippen LogP contribution in [-0.4, -0.2) is 17.1 Å². The van der Waals surface area contributed by atoms with Crippen molar-refractivity contribution in [2.45, 2.75) is 33.2 Å². The SMILES string of the molecule is Cc1ccc(C(C)C)cc1OCC(=O)NCc1ccc(-n2cccc2)cc1. The van der Waals surface area contributed by atoms with Gasteiger partial charge in [0.2, 0.25) is 0 Å². The van der Waals surface area contributed by atoms with Gasteiger partial charge in [0.15, 0.2) is 6.61 Å². The molecule has 27 heavy (non-hydrogen) atoms. The van der Waals surface area contributed by atoms with Gasteiger partial charge in [-0.05, 0) is 59.9 Å². The van der Waals surface area contributed by atoms with Crippen LogP contribution in [0, 0.1) is 6.92 Å². The number of hydrogen-bond acceptors (Lipinski definition) is 2. The fourth-order valence-corrected chi connectivity index (χ4v) is 2.82. The van der Waals surface area contributed by atoms with Crippen LogP contribution in [0.5, 0.6) is 5.75 Å². The van der Waals surface area contributed by atoms with E-state index in [0.717, 1.165) is 22.6 Å². The fraction of sp³-hybridized carbons (Fsp3) is 0.261. The number of aryl methyl sites for hydroxylation is 1. The van der Waals surface area contributed by atoms with E-state index in [1.54, 1.807) is 0 Å². The molecule has 3 rings (SSSR count). The molecule has 0 aliphatic carbocycles. The number of amides is 1. The van der Waals surface area contributed by atoms with Crippen LogP contribution in [0.15, 0.2) is 67.0 Å². The highest BCUT2D eigenvalue weighted by molar-refractivity contribution is 5.77. The van der Waals surface area contributed by atoms with Crippen molar-refractivity contribution < 1.29 is 9.53 Å². The highest BCUT2D eigenvalue weighted by Crippen LogP contribution is 2.24. The Labute approximate surface area is 160 Å². The molecule has 0 unspecified atom stereocenters. The molecule has 4 heteroatoms. The second-order valence-electron chi connectivity index (χ2n) is 7.00. The van der Waals surface area contributed by atoms with Crippen molar-refractivity contribution in [2.75, 3.05) is 6.61 Å². The second kappa shape index (κ2) is 8.58. The Bertz CT molecular complexity index is 881. The summed E-state index contributed by atoms with van der Waals surface area (Å²) in [6, 6.07) is 18.3. The van der Waals surface area contributed by atoms with Gasteiger partial charge in [0.1, 0.15) is 5.75 Å². The third kappa shape index (κ3) is 5.00. The minimum absolute atomic E-state index is 0.0177. The van der Waals surface area contributed by atoms with E-state index in [4.69, 9.17) is 4.74 Å². The summed E-state index contributed by atoms with van der Waals surface area (Å²) in [6.45, 7) is 6.78. The third-order valence-corrected chi connectivity index (χ3v) is 4.57.